The third-order valence-corrected chi connectivity index (χ3v) is 6.21. The number of nitrogens with zero attached hydrogens (tertiary/aromatic N) is 3. The second kappa shape index (κ2) is 8.32. The Morgan fingerprint density at radius 2 is 1.84 bits per heavy atom. The summed E-state index contributed by atoms with van der Waals surface area (Å²) in [6.45, 7) is 1.89. The average molecular weight is 445 g/mol. The first kappa shape index (κ1) is 20.0. The van der Waals surface area contributed by atoms with E-state index in [1.165, 1.54) is 0 Å². The Bertz CT molecular complexity index is 1260. The Morgan fingerprint density at radius 1 is 1.06 bits per heavy atom. The van der Waals surface area contributed by atoms with Gasteiger partial charge in [0.1, 0.15) is 5.75 Å². The number of carbonyl (C=O) groups excluding carboxylic acids is 1. The monoisotopic (exact) mass is 444 g/mol. The number of rotatable bonds is 5. The lowest BCUT2D eigenvalue weighted by molar-refractivity contribution is 0.244. The molecule has 0 bridgehead atoms. The van der Waals surface area contributed by atoms with E-state index in [2.05, 4.69) is 15.5 Å². The molecule has 0 aliphatic carbocycles. The molecule has 4 aromatic rings. The molecule has 8 heteroatoms. The van der Waals surface area contributed by atoms with Crippen molar-refractivity contribution in [1.82, 2.24) is 15.5 Å². The zero-order chi connectivity index (χ0) is 22.1. The number of ether oxygens (including phenoxy) is 1. The number of hydrogen-bond acceptors (Lipinski definition) is 6. The van der Waals surface area contributed by atoms with Crippen LogP contribution >= 0.6 is 11.3 Å². The molecule has 7 nitrogen and oxygen atoms in total. The molecule has 1 aliphatic rings. The number of nitrogens with one attached hydrogen (secondary N) is 1. The SMILES string of the molecule is COc1ccc(N2C(=O)NC(c3ccccc3)C(c3nc(-c4cccs4)no3)=C2C)cc1. The van der Waals surface area contributed by atoms with Crippen LogP contribution in [0.25, 0.3) is 16.3 Å². The van der Waals surface area contributed by atoms with E-state index in [1.807, 2.05) is 79.0 Å². The minimum absolute atomic E-state index is 0.233. The van der Waals surface area contributed by atoms with Crippen LogP contribution in [0.4, 0.5) is 10.5 Å². The molecule has 0 spiro atoms. The van der Waals surface area contributed by atoms with Gasteiger partial charge in [0.15, 0.2) is 0 Å². The van der Waals surface area contributed by atoms with Crippen LogP contribution in [0.5, 0.6) is 5.75 Å². The summed E-state index contributed by atoms with van der Waals surface area (Å²) in [5, 5.41) is 9.25. The fourth-order valence-electron chi connectivity index (χ4n) is 3.80. The predicted molar refractivity (Wildman–Crippen MR) is 123 cm³/mol. The number of aromatic nitrogens is 2. The number of urea groups is 1. The molecule has 1 N–H and O–H groups in total. The van der Waals surface area contributed by atoms with Crippen molar-refractivity contribution in [3.8, 4) is 16.5 Å². The predicted octanol–water partition coefficient (Wildman–Crippen LogP) is 5.51. The molecule has 1 aliphatic heterocycles. The number of carbonyl (C=O) groups is 1. The third kappa shape index (κ3) is 3.54. The zero-order valence-electron chi connectivity index (χ0n) is 17.5. The first-order valence-electron chi connectivity index (χ1n) is 10.0. The van der Waals surface area contributed by atoms with Crippen LogP contribution in [-0.4, -0.2) is 23.3 Å². The van der Waals surface area contributed by atoms with E-state index in [0.717, 1.165) is 16.0 Å². The molecule has 1 unspecified atom stereocenters. The van der Waals surface area contributed by atoms with Gasteiger partial charge in [0.05, 0.1) is 29.3 Å². The normalized spacial score (nSPS) is 16.2. The van der Waals surface area contributed by atoms with Crippen LogP contribution in [0.1, 0.15) is 24.4 Å². The number of allylic oxidation sites excluding steroid dienone is 1. The summed E-state index contributed by atoms with van der Waals surface area (Å²) in [5.41, 5.74) is 3.11. The molecule has 0 saturated heterocycles. The molecule has 0 radical (unpaired) electrons. The van der Waals surface area contributed by atoms with Crippen LogP contribution < -0.4 is 15.0 Å². The van der Waals surface area contributed by atoms with E-state index in [1.54, 1.807) is 23.3 Å². The summed E-state index contributed by atoms with van der Waals surface area (Å²) in [7, 11) is 1.61. The highest BCUT2D eigenvalue weighted by Crippen LogP contribution is 2.39. The van der Waals surface area contributed by atoms with Gasteiger partial charge in [-0.1, -0.05) is 41.6 Å². The number of amides is 2. The van der Waals surface area contributed by atoms with Crippen molar-refractivity contribution in [2.45, 2.75) is 13.0 Å². The van der Waals surface area contributed by atoms with Gasteiger partial charge in [-0.15, -0.1) is 11.3 Å². The molecule has 0 fully saturated rings. The molecule has 1 atom stereocenters. The number of thiophene rings is 1. The van der Waals surface area contributed by atoms with Crippen molar-refractivity contribution in [3.63, 3.8) is 0 Å². The van der Waals surface area contributed by atoms with Crippen LogP contribution in [0, 0.1) is 0 Å². The van der Waals surface area contributed by atoms with Crippen LogP contribution in [0.15, 0.2) is 82.3 Å². The smallest absolute Gasteiger partial charge is 0.326 e. The average Bonchev–Trinajstić information content (AvgIpc) is 3.52. The van der Waals surface area contributed by atoms with E-state index in [4.69, 9.17) is 9.26 Å². The standard InChI is InChI=1S/C24H20N4O3S/c1-15-20(23-26-22(27-31-23)19-9-6-14-32-19)21(16-7-4-3-5-8-16)25-24(29)28(15)17-10-12-18(30-2)13-11-17/h3-14,21H,1-2H3,(H,25,29). The molecule has 32 heavy (non-hydrogen) atoms. The molecule has 2 aromatic heterocycles. The van der Waals surface area contributed by atoms with Gasteiger partial charge in [-0.2, -0.15) is 4.98 Å². The van der Waals surface area contributed by atoms with E-state index in [-0.39, 0.29) is 6.03 Å². The first-order valence-corrected chi connectivity index (χ1v) is 10.9. The Balaban J connectivity index is 1.64. The highest BCUT2D eigenvalue weighted by atomic mass is 32.1. The lowest BCUT2D eigenvalue weighted by Crippen LogP contribution is -2.46. The van der Waals surface area contributed by atoms with Crippen molar-refractivity contribution < 1.29 is 14.1 Å². The van der Waals surface area contributed by atoms with Gasteiger partial charge in [-0.3, -0.25) is 4.90 Å². The van der Waals surface area contributed by atoms with Gasteiger partial charge in [0, 0.05) is 5.70 Å². The highest BCUT2D eigenvalue weighted by Gasteiger charge is 2.36. The molecule has 2 amide bonds. The van der Waals surface area contributed by atoms with Crippen LogP contribution in [-0.2, 0) is 0 Å². The van der Waals surface area contributed by atoms with E-state index < -0.39 is 6.04 Å². The quantitative estimate of drug-likeness (QED) is 0.439. The Hall–Kier alpha value is -3.91. The van der Waals surface area contributed by atoms with Gasteiger partial charge >= 0.3 is 6.03 Å². The van der Waals surface area contributed by atoms with Crippen molar-refractivity contribution in [2.24, 2.45) is 0 Å². The minimum atomic E-state index is -0.421. The van der Waals surface area contributed by atoms with Crippen LogP contribution in [0.3, 0.4) is 0 Å². The van der Waals surface area contributed by atoms with Gasteiger partial charge in [-0.05, 0) is 48.2 Å². The molecule has 0 saturated carbocycles. The van der Waals surface area contributed by atoms with Crippen molar-refractivity contribution in [2.75, 3.05) is 12.0 Å². The topological polar surface area (TPSA) is 80.5 Å². The summed E-state index contributed by atoms with van der Waals surface area (Å²) in [6, 6.07) is 20.3. The second-order valence-corrected chi connectivity index (χ2v) is 8.17. The van der Waals surface area contributed by atoms with Gasteiger partial charge in [-0.25, -0.2) is 4.79 Å². The maximum Gasteiger partial charge on any atom is 0.326 e. The van der Waals surface area contributed by atoms with Gasteiger partial charge in [0.2, 0.25) is 5.82 Å². The van der Waals surface area contributed by atoms with Crippen LogP contribution in [0.2, 0.25) is 0 Å². The summed E-state index contributed by atoms with van der Waals surface area (Å²) in [6.07, 6.45) is 0. The maximum absolute atomic E-state index is 13.2. The molecular formula is C24H20N4O3S. The molecule has 160 valence electrons. The third-order valence-electron chi connectivity index (χ3n) is 5.35. The van der Waals surface area contributed by atoms with E-state index in [9.17, 15) is 4.79 Å². The minimum Gasteiger partial charge on any atom is -0.497 e. The Kier molecular flexibility index (Phi) is 5.20. The number of hydrogen-bond donors (Lipinski definition) is 1. The lowest BCUT2D eigenvalue weighted by atomic mass is 9.94. The Morgan fingerprint density at radius 3 is 2.53 bits per heavy atom. The van der Waals surface area contributed by atoms with E-state index in [0.29, 0.717) is 28.8 Å². The largest absolute Gasteiger partial charge is 0.497 e. The molecular weight excluding hydrogens is 424 g/mol. The first-order chi connectivity index (χ1) is 15.7. The lowest BCUT2D eigenvalue weighted by Gasteiger charge is -2.35. The van der Waals surface area contributed by atoms with Gasteiger partial charge < -0.3 is 14.6 Å². The van der Waals surface area contributed by atoms with E-state index >= 15 is 0 Å². The summed E-state index contributed by atoms with van der Waals surface area (Å²) in [4.78, 5) is 20.4. The summed E-state index contributed by atoms with van der Waals surface area (Å²) >= 11 is 1.54. The number of methoxy groups -OCH3 is 1. The fraction of sp³-hybridized carbons (Fsp3) is 0.125. The molecule has 5 rings (SSSR count). The van der Waals surface area contributed by atoms with Crippen molar-refractivity contribution in [1.29, 1.82) is 0 Å². The maximum atomic E-state index is 13.2. The summed E-state index contributed by atoms with van der Waals surface area (Å²) in [5.74, 6) is 1.61. The molecule has 3 heterocycles. The zero-order valence-corrected chi connectivity index (χ0v) is 18.3. The molecule has 2 aromatic carbocycles. The number of benzene rings is 2. The second-order valence-electron chi connectivity index (χ2n) is 7.23. The number of anilines is 1. The highest BCUT2D eigenvalue weighted by molar-refractivity contribution is 7.13. The summed E-state index contributed by atoms with van der Waals surface area (Å²) < 4.78 is 10.9. The van der Waals surface area contributed by atoms with Crippen molar-refractivity contribution in [3.05, 3.63) is 89.3 Å². The van der Waals surface area contributed by atoms with Crippen molar-refractivity contribution >= 4 is 28.6 Å². The Labute approximate surface area is 189 Å². The van der Waals surface area contributed by atoms with Gasteiger partial charge in [0.25, 0.3) is 5.89 Å². The fourth-order valence-corrected chi connectivity index (χ4v) is 4.45.